The van der Waals surface area contributed by atoms with Gasteiger partial charge in [0, 0.05) is 33.1 Å². The molecule has 0 aliphatic carbocycles. The standard InChI is InChI=1S/C41H29N3/c1-3-4-22-38-27(2)36-25-28(23-24-39(36)44(38)29-14-6-5-7-15-29)30-16-8-11-19-33(30)37-26-42-40-34-20-12-9-17-31(34)32-18-10-13-21-35(32)41(40)43-37/h3-26H,1H2,2H3/b22-4-. The first-order valence-electron chi connectivity index (χ1n) is 14.9. The molecule has 6 aromatic carbocycles. The van der Waals surface area contributed by atoms with Crippen LogP contribution in [-0.4, -0.2) is 14.5 Å². The Labute approximate surface area is 256 Å². The maximum absolute atomic E-state index is 5.30. The van der Waals surface area contributed by atoms with E-state index in [1.807, 2.05) is 18.3 Å². The first-order chi connectivity index (χ1) is 21.7. The van der Waals surface area contributed by atoms with Gasteiger partial charge in [0.2, 0.25) is 0 Å². The average molecular weight is 564 g/mol. The molecule has 8 rings (SSSR count). The lowest BCUT2D eigenvalue weighted by atomic mass is 9.95. The Morgan fingerprint density at radius 2 is 1.27 bits per heavy atom. The molecule has 3 heteroatoms. The summed E-state index contributed by atoms with van der Waals surface area (Å²) in [5, 5.41) is 5.85. The van der Waals surface area contributed by atoms with E-state index in [0.29, 0.717) is 0 Å². The van der Waals surface area contributed by atoms with Gasteiger partial charge in [-0.2, -0.15) is 0 Å². The molecule has 0 saturated heterocycles. The van der Waals surface area contributed by atoms with Gasteiger partial charge in [0.25, 0.3) is 0 Å². The molecule has 2 aromatic heterocycles. The lowest BCUT2D eigenvalue weighted by Crippen LogP contribution is -1.96. The summed E-state index contributed by atoms with van der Waals surface area (Å²) < 4.78 is 2.32. The highest BCUT2D eigenvalue weighted by molar-refractivity contribution is 6.23. The Kier molecular flexibility index (Phi) is 6.16. The van der Waals surface area contributed by atoms with Gasteiger partial charge in [-0.15, -0.1) is 0 Å². The first-order valence-corrected chi connectivity index (χ1v) is 14.9. The molecule has 44 heavy (non-hydrogen) atoms. The van der Waals surface area contributed by atoms with E-state index in [1.54, 1.807) is 0 Å². The van der Waals surface area contributed by atoms with Crippen molar-refractivity contribution in [3.8, 4) is 28.1 Å². The van der Waals surface area contributed by atoms with Crippen LogP contribution in [0.5, 0.6) is 0 Å². The van der Waals surface area contributed by atoms with Gasteiger partial charge in [0.15, 0.2) is 0 Å². The van der Waals surface area contributed by atoms with E-state index in [-0.39, 0.29) is 0 Å². The second kappa shape index (κ2) is 10.5. The number of hydrogen-bond donors (Lipinski definition) is 0. The summed E-state index contributed by atoms with van der Waals surface area (Å²) in [6, 6.07) is 42.8. The monoisotopic (exact) mass is 563 g/mol. The van der Waals surface area contributed by atoms with Gasteiger partial charge >= 0.3 is 0 Å². The molecular weight excluding hydrogens is 534 g/mol. The zero-order chi connectivity index (χ0) is 29.6. The molecule has 0 radical (unpaired) electrons. The molecule has 0 fully saturated rings. The molecular formula is C41H29N3. The largest absolute Gasteiger partial charge is 0.310 e. The Bertz CT molecular complexity index is 2380. The van der Waals surface area contributed by atoms with Gasteiger partial charge in [-0.25, -0.2) is 4.98 Å². The normalized spacial score (nSPS) is 11.8. The summed E-state index contributed by atoms with van der Waals surface area (Å²) in [5.41, 5.74) is 10.7. The van der Waals surface area contributed by atoms with Gasteiger partial charge in [0.05, 0.1) is 28.4 Å². The third-order valence-corrected chi connectivity index (χ3v) is 8.61. The number of para-hydroxylation sites is 1. The molecule has 0 amide bonds. The van der Waals surface area contributed by atoms with Crippen LogP contribution in [0.25, 0.3) is 77.6 Å². The van der Waals surface area contributed by atoms with Crippen LogP contribution in [0.3, 0.4) is 0 Å². The number of nitrogens with zero attached hydrogens (tertiary/aromatic N) is 3. The third-order valence-electron chi connectivity index (χ3n) is 8.61. The van der Waals surface area contributed by atoms with Crippen LogP contribution in [0, 0.1) is 6.92 Å². The van der Waals surface area contributed by atoms with Crippen molar-refractivity contribution in [1.82, 2.24) is 14.5 Å². The number of hydrogen-bond acceptors (Lipinski definition) is 2. The minimum absolute atomic E-state index is 0.863. The Morgan fingerprint density at radius 3 is 2.00 bits per heavy atom. The Hall–Kier alpha value is -5.80. The van der Waals surface area contributed by atoms with Crippen molar-refractivity contribution in [2.24, 2.45) is 0 Å². The zero-order valence-corrected chi connectivity index (χ0v) is 24.4. The van der Waals surface area contributed by atoms with Crippen molar-refractivity contribution in [3.63, 3.8) is 0 Å². The van der Waals surface area contributed by atoms with Gasteiger partial charge in [-0.05, 0) is 64.7 Å². The van der Waals surface area contributed by atoms with Crippen molar-refractivity contribution in [3.05, 3.63) is 158 Å². The van der Waals surface area contributed by atoms with Crippen LogP contribution in [0.4, 0.5) is 0 Å². The predicted octanol–water partition coefficient (Wildman–Crippen LogP) is 10.7. The van der Waals surface area contributed by atoms with Gasteiger partial charge in [-0.1, -0.05) is 116 Å². The second-order valence-electron chi connectivity index (χ2n) is 11.1. The number of aryl methyl sites for hydroxylation is 1. The van der Waals surface area contributed by atoms with Crippen molar-refractivity contribution in [2.75, 3.05) is 0 Å². The molecule has 3 nitrogen and oxygen atoms in total. The summed E-state index contributed by atoms with van der Waals surface area (Å²) in [5.74, 6) is 0. The number of aromatic nitrogens is 3. The zero-order valence-electron chi connectivity index (χ0n) is 24.4. The molecule has 0 spiro atoms. The van der Waals surface area contributed by atoms with Crippen molar-refractivity contribution in [2.45, 2.75) is 6.92 Å². The summed E-state index contributed by atoms with van der Waals surface area (Å²) in [6.07, 6.45) is 7.89. The molecule has 0 unspecified atom stereocenters. The summed E-state index contributed by atoms with van der Waals surface area (Å²) in [6.45, 7) is 6.10. The van der Waals surface area contributed by atoms with E-state index in [2.05, 4.69) is 145 Å². The molecule has 0 aliphatic rings. The lowest BCUT2D eigenvalue weighted by Gasteiger charge is -2.13. The SMILES string of the molecule is C=C/C=C\c1c(C)c2cc(-c3ccccc3-c3cnc4c5ccccc5c5ccccc5c4n3)ccc2n1-c1ccccc1. The van der Waals surface area contributed by atoms with Crippen molar-refractivity contribution < 1.29 is 0 Å². The predicted molar refractivity (Wildman–Crippen MR) is 186 cm³/mol. The number of benzene rings is 6. The third kappa shape index (κ3) is 4.05. The fraction of sp³-hybridized carbons (Fsp3) is 0.0244. The molecule has 0 saturated carbocycles. The Morgan fingerprint density at radius 1 is 0.636 bits per heavy atom. The molecule has 0 bridgehead atoms. The highest BCUT2D eigenvalue weighted by Crippen LogP contribution is 2.38. The topological polar surface area (TPSA) is 30.7 Å². The molecule has 2 heterocycles. The van der Waals surface area contributed by atoms with Crippen LogP contribution in [0.2, 0.25) is 0 Å². The van der Waals surface area contributed by atoms with Crippen LogP contribution in [0.15, 0.2) is 146 Å². The highest BCUT2D eigenvalue weighted by atomic mass is 15.0. The highest BCUT2D eigenvalue weighted by Gasteiger charge is 2.17. The van der Waals surface area contributed by atoms with E-state index in [0.717, 1.165) is 55.6 Å². The summed E-state index contributed by atoms with van der Waals surface area (Å²) in [4.78, 5) is 10.3. The number of allylic oxidation sites excluding steroid dienone is 2. The van der Waals surface area contributed by atoms with E-state index in [4.69, 9.17) is 9.97 Å². The van der Waals surface area contributed by atoms with Crippen LogP contribution in [-0.2, 0) is 0 Å². The average Bonchev–Trinajstić information content (AvgIpc) is 3.37. The maximum atomic E-state index is 5.30. The molecule has 0 atom stereocenters. The molecule has 0 N–H and O–H groups in total. The minimum Gasteiger partial charge on any atom is -0.310 e. The molecule has 8 aromatic rings. The quantitative estimate of drug-likeness (QED) is 0.154. The van der Waals surface area contributed by atoms with Crippen molar-refractivity contribution >= 4 is 49.6 Å². The van der Waals surface area contributed by atoms with Crippen LogP contribution in [0.1, 0.15) is 11.3 Å². The summed E-state index contributed by atoms with van der Waals surface area (Å²) >= 11 is 0. The molecule has 0 aliphatic heterocycles. The second-order valence-corrected chi connectivity index (χ2v) is 11.1. The van der Waals surface area contributed by atoms with Crippen molar-refractivity contribution in [1.29, 1.82) is 0 Å². The number of fused-ring (bicyclic) bond motifs is 7. The van der Waals surface area contributed by atoms with E-state index in [1.165, 1.54) is 27.2 Å². The minimum atomic E-state index is 0.863. The molecule has 208 valence electrons. The lowest BCUT2D eigenvalue weighted by molar-refractivity contribution is 1.10. The smallest absolute Gasteiger partial charge is 0.0979 e. The van der Waals surface area contributed by atoms with Gasteiger partial charge in [0.1, 0.15) is 0 Å². The van der Waals surface area contributed by atoms with Crippen LogP contribution >= 0.6 is 0 Å². The van der Waals surface area contributed by atoms with E-state index < -0.39 is 0 Å². The van der Waals surface area contributed by atoms with E-state index >= 15 is 0 Å². The van der Waals surface area contributed by atoms with E-state index in [9.17, 15) is 0 Å². The fourth-order valence-corrected chi connectivity index (χ4v) is 6.56. The van der Waals surface area contributed by atoms with Crippen LogP contribution < -0.4 is 0 Å². The maximum Gasteiger partial charge on any atom is 0.0979 e. The van der Waals surface area contributed by atoms with Gasteiger partial charge < -0.3 is 4.57 Å². The number of rotatable bonds is 5. The fourth-order valence-electron chi connectivity index (χ4n) is 6.56. The first kappa shape index (κ1) is 25.9. The summed E-state index contributed by atoms with van der Waals surface area (Å²) in [7, 11) is 0. The van der Waals surface area contributed by atoms with Gasteiger partial charge in [-0.3, -0.25) is 4.98 Å². The Balaban J connectivity index is 1.33.